The molecule has 0 saturated carbocycles. The predicted molar refractivity (Wildman–Crippen MR) is 55.1 cm³/mol. The van der Waals surface area contributed by atoms with Crippen LogP contribution in [0.4, 0.5) is 8.78 Å². The van der Waals surface area contributed by atoms with E-state index in [0.29, 0.717) is 19.0 Å². The van der Waals surface area contributed by atoms with Crippen LogP contribution in [0.15, 0.2) is 0 Å². The van der Waals surface area contributed by atoms with Gasteiger partial charge in [0.2, 0.25) is 0 Å². The molecular weight excluding hydrogens is 202 g/mol. The summed E-state index contributed by atoms with van der Waals surface area (Å²) in [6.07, 6.45) is -0.0992. The fraction of sp³-hybridized carbons (Fsp3) is 1.00. The molecule has 0 aromatic rings. The Morgan fingerprint density at radius 1 is 1.47 bits per heavy atom. The molecule has 1 heterocycles. The number of rotatable bonds is 6. The third kappa shape index (κ3) is 5.39. The lowest BCUT2D eigenvalue weighted by molar-refractivity contribution is 0.0673. The molecule has 3 nitrogen and oxygen atoms in total. The van der Waals surface area contributed by atoms with E-state index in [1.807, 2.05) is 0 Å². The first-order valence-corrected chi connectivity index (χ1v) is 5.54. The van der Waals surface area contributed by atoms with Crippen LogP contribution in [0.5, 0.6) is 0 Å². The molecule has 0 amide bonds. The molecule has 1 atom stereocenters. The predicted octanol–water partition coefficient (Wildman–Crippen LogP) is 0.545. The zero-order valence-corrected chi connectivity index (χ0v) is 8.96. The van der Waals surface area contributed by atoms with E-state index in [2.05, 4.69) is 5.32 Å². The minimum absolute atomic E-state index is 0.0487. The lowest BCUT2D eigenvalue weighted by Gasteiger charge is -2.29. The summed E-state index contributed by atoms with van der Waals surface area (Å²) in [6.45, 7) is 2.68. The third-order valence-corrected chi connectivity index (χ3v) is 2.73. The number of piperidine rings is 1. The summed E-state index contributed by atoms with van der Waals surface area (Å²) < 4.78 is 24.4. The van der Waals surface area contributed by atoms with Gasteiger partial charge in [-0.15, -0.1) is 0 Å². The van der Waals surface area contributed by atoms with Gasteiger partial charge in [0.25, 0.3) is 6.43 Å². The summed E-state index contributed by atoms with van der Waals surface area (Å²) in [5, 5.41) is 12.0. The SMILES string of the molecule is OCCN(CC(F)F)CC1CCCNC1. The Labute approximate surface area is 89.5 Å². The van der Waals surface area contributed by atoms with Crippen molar-refractivity contribution in [2.75, 3.05) is 39.3 Å². The van der Waals surface area contributed by atoms with Gasteiger partial charge >= 0.3 is 0 Å². The monoisotopic (exact) mass is 222 g/mol. The van der Waals surface area contributed by atoms with Crippen molar-refractivity contribution in [2.45, 2.75) is 19.3 Å². The maximum Gasteiger partial charge on any atom is 0.251 e. The largest absolute Gasteiger partial charge is 0.395 e. The van der Waals surface area contributed by atoms with Crippen molar-refractivity contribution < 1.29 is 13.9 Å². The molecule has 1 rings (SSSR count). The number of halogens is 2. The maximum absolute atomic E-state index is 12.2. The van der Waals surface area contributed by atoms with Crippen LogP contribution < -0.4 is 5.32 Å². The quantitative estimate of drug-likeness (QED) is 0.689. The molecule has 0 aromatic heterocycles. The topological polar surface area (TPSA) is 35.5 Å². The molecule has 0 aromatic carbocycles. The first-order chi connectivity index (χ1) is 7.22. The van der Waals surface area contributed by atoms with Crippen molar-refractivity contribution in [3.63, 3.8) is 0 Å². The highest BCUT2D eigenvalue weighted by Crippen LogP contribution is 2.12. The van der Waals surface area contributed by atoms with E-state index in [9.17, 15) is 8.78 Å². The molecule has 0 radical (unpaired) electrons. The van der Waals surface area contributed by atoms with E-state index in [4.69, 9.17) is 5.11 Å². The van der Waals surface area contributed by atoms with E-state index in [0.717, 1.165) is 25.9 Å². The molecule has 5 heteroatoms. The van der Waals surface area contributed by atoms with Crippen molar-refractivity contribution in [1.29, 1.82) is 0 Å². The fourth-order valence-corrected chi connectivity index (χ4v) is 2.04. The number of aliphatic hydroxyl groups excluding tert-OH is 1. The van der Waals surface area contributed by atoms with Crippen LogP contribution in [0.3, 0.4) is 0 Å². The second-order valence-electron chi connectivity index (χ2n) is 4.09. The van der Waals surface area contributed by atoms with Crippen molar-refractivity contribution in [2.24, 2.45) is 5.92 Å². The Morgan fingerprint density at radius 2 is 2.27 bits per heavy atom. The van der Waals surface area contributed by atoms with Gasteiger partial charge in [-0.3, -0.25) is 4.90 Å². The molecule has 1 aliphatic rings. The lowest BCUT2D eigenvalue weighted by Crippen LogP contribution is -2.41. The second-order valence-corrected chi connectivity index (χ2v) is 4.09. The molecule has 1 fully saturated rings. The Bertz CT molecular complexity index is 164. The molecule has 0 spiro atoms. The van der Waals surface area contributed by atoms with Gasteiger partial charge in [0.05, 0.1) is 13.2 Å². The van der Waals surface area contributed by atoms with Crippen LogP contribution in [0.1, 0.15) is 12.8 Å². The summed E-state index contributed by atoms with van der Waals surface area (Å²) in [4.78, 5) is 1.66. The Kier molecular flexibility index (Phi) is 6.05. The van der Waals surface area contributed by atoms with E-state index in [1.54, 1.807) is 4.90 Å². The minimum atomic E-state index is -2.31. The third-order valence-electron chi connectivity index (χ3n) is 2.73. The molecule has 1 saturated heterocycles. The van der Waals surface area contributed by atoms with E-state index >= 15 is 0 Å². The number of alkyl halides is 2. The molecule has 15 heavy (non-hydrogen) atoms. The minimum Gasteiger partial charge on any atom is -0.395 e. The van der Waals surface area contributed by atoms with Gasteiger partial charge in [0, 0.05) is 13.1 Å². The smallest absolute Gasteiger partial charge is 0.251 e. The van der Waals surface area contributed by atoms with Crippen molar-refractivity contribution >= 4 is 0 Å². The van der Waals surface area contributed by atoms with Gasteiger partial charge in [-0.25, -0.2) is 8.78 Å². The fourth-order valence-electron chi connectivity index (χ4n) is 2.04. The van der Waals surface area contributed by atoms with Gasteiger partial charge in [-0.2, -0.15) is 0 Å². The van der Waals surface area contributed by atoms with Gasteiger partial charge < -0.3 is 10.4 Å². The van der Waals surface area contributed by atoms with Crippen LogP contribution in [0, 0.1) is 5.92 Å². The maximum atomic E-state index is 12.2. The van der Waals surface area contributed by atoms with Crippen LogP contribution in [-0.2, 0) is 0 Å². The van der Waals surface area contributed by atoms with Gasteiger partial charge in [0.1, 0.15) is 0 Å². The average molecular weight is 222 g/mol. The molecule has 0 aliphatic carbocycles. The van der Waals surface area contributed by atoms with E-state index in [-0.39, 0.29) is 13.2 Å². The summed E-state index contributed by atoms with van der Waals surface area (Å²) in [6, 6.07) is 0. The second kappa shape index (κ2) is 7.09. The highest BCUT2D eigenvalue weighted by molar-refractivity contribution is 4.73. The van der Waals surface area contributed by atoms with Gasteiger partial charge in [-0.1, -0.05) is 0 Å². The normalized spacial score (nSPS) is 22.6. The lowest BCUT2D eigenvalue weighted by atomic mass is 9.99. The number of hydrogen-bond donors (Lipinski definition) is 2. The van der Waals surface area contributed by atoms with Crippen LogP contribution in [0.25, 0.3) is 0 Å². The molecule has 1 aliphatic heterocycles. The summed E-state index contributed by atoms with van der Waals surface area (Å²) in [5.41, 5.74) is 0. The van der Waals surface area contributed by atoms with Crippen LogP contribution in [-0.4, -0.2) is 55.8 Å². The molecule has 0 bridgehead atoms. The molecule has 2 N–H and O–H groups in total. The Hall–Kier alpha value is -0.260. The number of nitrogens with zero attached hydrogens (tertiary/aromatic N) is 1. The van der Waals surface area contributed by atoms with Crippen molar-refractivity contribution in [1.82, 2.24) is 10.2 Å². The molecule has 1 unspecified atom stereocenters. The average Bonchev–Trinajstić information content (AvgIpc) is 2.18. The van der Waals surface area contributed by atoms with Gasteiger partial charge in [-0.05, 0) is 31.8 Å². The molecular formula is C10H20F2N2O. The summed E-state index contributed by atoms with van der Waals surface area (Å²) in [7, 11) is 0. The zero-order chi connectivity index (χ0) is 11.1. The van der Waals surface area contributed by atoms with Crippen LogP contribution >= 0.6 is 0 Å². The number of aliphatic hydroxyl groups is 1. The number of nitrogens with one attached hydrogen (secondary N) is 1. The highest BCUT2D eigenvalue weighted by atomic mass is 19.3. The number of hydrogen-bond acceptors (Lipinski definition) is 3. The standard InChI is InChI=1S/C10H20F2N2O/c11-10(12)8-14(4-5-15)7-9-2-1-3-13-6-9/h9-10,13,15H,1-8H2. The van der Waals surface area contributed by atoms with Gasteiger partial charge in [0.15, 0.2) is 0 Å². The van der Waals surface area contributed by atoms with Crippen molar-refractivity contribution in [3.8, 4) is 0 Å². The van der Waals surface area contributed by atoms with Crippen LogP contribution in [0.2, 0.25) is 0 Å². The summed E-state index contributed by atoms with van der Waals surface area (Å²) in [5.74, 6) is 0.448. The first kappa shape index (κ1) is 12.8. The summed E-state index contributed by atoms with van der Waals surface area (Å²) >= 11 is 0. The molecule has 90 valence electrons. The zero-order valence-electron chi connectivity index (χ0n) is 8.96. The highest BCUT2D eigenvalue weighted by Gasteiger charge is 2.18. The Morgan fingerprint density at radius 3 is 2.80 bits per heavy atom. The van der Waals surface area contributed by atoms with E-state index < -0.39 is 6.43 Å². The van der Waals surface area contributed by atoms with Crippen molar-refractivity contribution in [3.05, 3.63) is 0 Å². The Balaban J connectivity index is 2.28. The van der Waals surface area contributed by atoms with E-state index in [1.165, 1.54) is 0 Å². The first-order valence-electron chi connectivity index (χ1n) is 5.54.